The van der Waals surface area contributed by atoms with E-state index in [9.17, 15) is 0 Å². The van der Waals surface area contributed by atoms with Crippen LogP contribution < -0.4 is 0 Å². The minimum Gasteiger partial charge on any atom is -0.118 e. The Labute approximate surface area is 119 Å². The van der Waals surface area contributed by atoms with Gasteiger partial charge in [0.25, 0.3) is 0 Å². The molecule has 0 aliphatic carbocycles. The molecule has 1 atom stereocenters. The first-order valence-electron chi connectivity index (χ1n) is 6.55. The maximum absolute atomic E-state index is 6.53. The minimum absolute atomic E-state index is 0.0821. The molecule has 2 aromatic carbocycles. The zero-order chi connectivity index (χ0) is 13.0. The molecule has 18 heavy (non-hydrogen) atoms. The van der Waals surface area contributed by atoms with Crippen molar-refractivity contribution in [2.24, 2.45) is 0 Å². The van der Waals surface area contributed by atoms with Crippen molar-refractivity contribution in [1.82, 2.24) is 0 Å². The number of fused-ring (bicyclic) bond motifs is 1. The van der Waals surface area contributed by atoms with E-state index in [0.29, 0.717) is 0 Å². The van der Waals surface area contributed by atoms with E-state index >= 15 is 0 Å². The molecule has 0 aliphatic rings. The van der Waals surface area contributed by atoms with Gasteiger partial charge in [0.1, 0.15) is 0 Å². The number of unbranched alkanes of at least 4 members (excludes halogenated alkanes) is 2. The summed E-state index contributed by atoms with van der Waals surface area (Å²) in [6.45, 7) is 2.21. The van der Waals surface area contributed by atoms with Gasteiger partial charge in [-0.15, -0.1) is 11.6 Å². The molecule has 0 aliphatic heterocycles. The molecule has 96 valence electrons. The van der Waals surface area contributed by atoms with Crippen LogP contribution >= 0.6 is 23.2 Å². The summed E-state index contributed by atoms with van der Waals surface area (Å²) in [6, 6.07) is 12.2. The summed E-state index contributed by atoms with van der Waals surface area (Å²) in [5.41, 5.74) is 1.20. The van der Waals surface area contributed by atoms with Crippen LogP contribution in [0.25, 0.3) is 10.8 Å². The highest BCUT2D eigenvalue weighted by atomic mass is 35.5. The van der Waals surface area contributed by atoms with Crippen LogP contribution in [-0.4, -0.2) is 0 Å². The fourth-order valence-corrected chi connectivity index (χ4v) is 2.86. The van der Waals surface area contributed by atoms with Crippen LogP contribution in [0.4, 0.5) is 0 Å². The Kier molecular flexibility index (Phi) is 4.91. The molecule has 2 aromatic rings. The molecular weight excluding hydrogens is 263 g/mol. The van der Waals surface area contributed by atoms with Gasteiger partial charge >= 0.3 is 0 Å². The summed E-state index contributed by atoms with van der Waals surface area (Å²) in [4.78, 5) is 0. The molecule has 2 rings (SSSR count). The monoisotopic (exact) mass is 280 g/mol. The molecule has 0 saturated heterocycles. The van der Waals surface area contributed by atoms with E-state index < -0.39 is 0 Å². The van der Waals surface area contributed by atoms with E-state index in [2.05, 4.69) is 25.1 Å². The van der Waals surface area contributed by atoms with E-state index in [1.807, 2.05) is 18.2 Å². The number of hydrogen-bond acceptors (Lipinski definition) is 0. The van der Waals surface area contributed by atoms with Crippen molar-refractivity contribution in [3.63, 3.8) is 0 Å². The quantitative estimate of drug-likeness (QED) is 0.442. The number of hydrogen-bond donors (Lipinski definition) is 0. The molecule has 0 saturated carbocycles. The topological polar surface area (TPSA) is 0 Å². The average Bonchev–Trinajstić information content (AvgIpc) is 2.39. The van der Waals surface area contributed by atoms with Crippen LogP contribution in [0.2, 0.25) is 5.02 Å². The highest BCUT2D eigenvalue weighted by Crippen LogP contribution is 2.35. The molecule has 0 N–H and O–H groups in total. The molecule has 0 amide bonds. The van der Waals surface area contributed by atoms with Crippen molar-refractivity contribution in [3.8, 4) is 0 Å². The van der Waals surface area contributed by atoms with Gasteiger partial charge in [-0.25, -0.2) is 0 Å². The van der Waals surface area contributed by atoms with Crippen molar-refractivity contribution < 1.29 is 0 Å². The van der Waals surface area contributed by atoms with Crippen LogP contribution in [0.1, 0.15) is 43.5 Å². The van der Waals surface area contributed by atoms with E-state index in [-0.39, 0.29) is 5.38 Å². The van der Waals surface area contributed by atoms with Crippen LogP contribution in [-0.2, 0) is 0 Å². The smallest absolute Gasteiger partial charge is 0.0591 e. The van der Waals surface area contributed by atoms with Crippen LogP contribution in [0.15, 0.2) is 36.4 Å². The van der Waals surface area contributed by atoms with Crippen molar-refractivity contribution >= 4 is 34.0 Å². The van der Waals surface area contributed by atoms with Gasteiger partial charge in [0, 0.05) is 10.4 Å². The van der Waals surface area contributed by atoms with Crippen molar-refractivity contribution in [2.75, 3.05) is 0 Å². The largest absolute Gasteiger partial charge is 0.118 e. The summed E-state index contributed by atoms with van der Waals surface area (Å²) >= 11 is 12.7. The van der Waals surface area contributed by atoms with Crippen molar-refractivity contribution in [3.05, 3.63) is 47.0 Å². The fraction of sp³-hybridized carbons (Fsp3) is 0.375. The SMILES string of the molecule is CCCCCC(Cl)c1ccc(Cl)c2ccccc12. The Morgan fingerprint density at radius 1 is 1.00 bits per heavy atom. The van der Waals surface area contributed by atoms with Crippen molar-refractivity contribution in [2.45, 2.75) is 38.0 Å². The van der Waals surface area contributed by atoms with Gasteiger partial charge in [0.2, 0.25) is 0 Å². The second-order valence-electron chi connectivity index (χ2n) is 4.65. The Morgan fingerprint density at radius 3 is 2.44 bits per heavy atom. The van der Waals surface area contributed by atoms with E-state index in [0.717, 1.165) is 16.8 Å². The highest BCUT2D eigenvalue weighted by molar-refractivity contribution is 6.35. The predicted octanol–water partition coefficient (Wildman–Crippen LogP) is 6.35. The number of rotatable bonds is 5. The molecule has 0 aromatic heterocycles. The summed E-state index contributed by atoms with van der Waals surface area (Å²) in [6.07, 6.45) is 4.68. The zero-order valence-electron chi connectivity index (χ0n) is 10.6. The van der Waals surface area contributed by atoms with Gasteiger partial charge in [-0.1, -0.05) is 68.1 Å². The molecule has 0 bridgehead atoms. The standard InChI is InChI=1S/C16H18Cl2/c1-2-3-4-9-15(17)14-10-11-16(18)13-8-6-5-7-12(13)14/h5-8,10-11,15H,2-4,9H2,1H3. The average molecular weight is 281 g/mol. The Balaban J connectivity index is 2.30. The third-order valence-corrected chi connectivity index (χ3v) is 4.09. The number of alkyl halides is 1. The second kappa shape index (κ2) is 6.45. The molecule has 2 heteroatoms. The zero-order valence-corrected chi connectivity index (χ0v) is 12.1. The first-order chi connectivity index (χ1) is 8.74. The summed E-state index contributed by atoms with van der Waals surface area (Å²) in [5, 5.41) is 3.16. The minimum atomic E-state index is 0.0821. The summed E-state index contributed by atoms with van der Waals surface area (Å²) < 4.78 is 0. The fourth-order valence-electron chi connectivity index (χ4n) is 2.29. The molecule has 0 nitrogen and oxygen atoms in total. The van der Waals surface area contributed by atoms with Gasteiger partial charge < -0.3 is 0 Å². The first-order valence-corrected chi connectivity index (χ1v) is 7.36. The Morgan fingerprint density at radius 2 is 1.72 bits per heavy atom. The first kappa shape index (κ1) is 13.7. The molecular formula is C16H18Cl2. The van der Waals surface area contributed by atoms with Gasteiger partial charge in [0.05, 0.1) is 5.38 Å². The third kappa shape index (κ3) is 2.99. The Hall–Kier alpha value is -0.720. The maximum atomic E-state index is 6.53. The van der Waals surface area contributed by atoms with Gasteiger partial charge in [-0.2, -0.15) is 0 Å². The summed E-state index contributed by atoms with van der Waals surface area (Å²) in [5.74, 6) is 0. The van der Waals surface area contributed by atoms with Gasteiger partial charge in [-0.3, -0.25) is 0 Å². The molecule has 0 spiro atoms. The Bertz CT molecular complexity index is 519. The number of benzene rings is 2. The lowest BCUT2D eigenvalue weighted by Crippen LogP contribution is -1.93. The van der Waals surface area contributed by atoms with E-state index in [1.54, 1.807) is 0 Å². The van der Waals surface area contributed by atoms with Gasteiger partial charge in [0.15, 0.2) is 0 Å². The highest BCUT2D eigenvalue weighted by Gasteiger charge is 2.12. The normalized spacial score (nSPS) is 12.8. The third-order valence-electron chi connectivity index (χ3n) is 3.30. The predicted molar refractivity (Wildman–Crippen MR) is 81.7 cm³/mol. The van der Waals surface area contributed by atoms with Crippen molar-refractivity contribution in [1.29, 1.82) is 0 Å². The van der Waals surface area contributed by atoms with E-state index in [1.165, 1.54) is 30.2 Å². The van der Waals surface area contributed by atoms with Crippen LogP contribution in [0.5, 0.6) is 0 Å². The lowest BCUT2D eigenvalue weighted by atomic mass is 9.99. The number of halogens is 2. The van der Waals surface area contributed by atoms with Crippen LogP contribution in [0.3, 0.4) is 0 Å². The maximum Gasteiger partial charge on any atom is 0.0591 e. The molecule has 0 radical (unpaired) electrons. The van der Waals surface area contributed by atoms with E-state index in [4.69, 9.17) is 23.2 Å². The summed E-state index contributed by atoms with van der Waals surface area (Å²) in [7, 11) is 0. The molecule has 0 heterocycles. The lowest BCUT2D eigenvalue weighted by Gasteiger charge is -2.13. The second-order valence-corrected chi connectivity index (χ2v) is 5.58. The molecule has 1 unspecified atom stereocenters. The van der Waals surface area contributed by atoms with Gasteiger partial charge in [-0.05, 0) is 23.4 Å². The lowest BCUT2D eigenvalue weighted by molar-refractivity contribution is 0.657. The van der Waals surface area contributed by atoms with Crippen LogP contribution in [0, 0.1) is 0 Å². The molecule has 0 fully saturated rings.